The van der Waals surface area contributed by atoms with Crippen molar-refractivity contribution < 1.29 is 4.74 Å². The largest absolute Gasteiger partial charge is 0.367 e. The van der Waals surface area contributed by atoms with Crippen LogP contribution in [0.2, 0.25) is 5.02 Å². The van der Waals surface area contributed by atoms with Crippen LogP contribution in [0.25, 0.3) is 0 Å². The highest BCUT2D eigenvalue weighted by Gasteiger charge is 2.14. The van der Waals surface area contributed by atoms with Gasteiger partial charge in [0, 0.05) is 11.6 Å². The smallest absolute Gasteiger partial charge is 0.108 e. The molecule has 2 aromatic carbocycles. The molecule has 0 saturated carbocycles. The second kappa shape index (κ2) is 7.44. The van der Waals surface area contributed by atoms with Crippen molar-refractivity contribution in [2.45, 2.75) is 6.10 Å². The van der Waals surface area contributed by atoms with Gasteiger partial charge in [0.15, 0.2) is 0 Å². The quantitative estimate of drug-likeness (QED) is 0.797. The van der Waals surface area contributed by atoms with Crippen LogP contribution in [0.15, 0.2) is 54.6 Å². The molecule has 0 heterocycles. The molecular formula is C17H20ClNO. The van der Waals surface area contributed by atoms with E-state index in [-0.39, 0.29) is 6.10 Å². The predicted octanol–water partition coefficient (Wildman–Crippen LogP) is 4.01. The first kappa shape index (κ1) is 15.0. The molecule has 2 nitrogen and oxygen atoms in total. The van der Waals surface area contributed by atoms with Gasteiger partial charge in [-0.15, -0.1) is 0 Å². The molecule has 1 atom stereocenters. The third-order valence-corrected chi connectivity index (χ3v) is 3.35. The average molecular weight is 290 g/mol. The number of benzene rings is 2. The first-order valence-corrected chi connectivity index (χ1v) is 7.11. The fourth-order valence-electron chi connectivity index (χ4n) is 2.00. The monoisotopic (exact) mass is 289 g/mol. The van der Waals surface area contributed by atoms with E-state index in [0.29, 0.717) is 6.61 Å². The van der Waals surface area contributed by atoms with E-state index in [9.17, 15) is 0 Å². The number of likely N-dealkylation sites (N-methyl/N-ethyl adjacent to an activating group) is 1. The number of rotatable bonds is 6. The summed E-state index contributed by atoms with van der Waals surface area (Å²) in [5.74, 6) is 0. The van der Waals surface area contributed by atoms with Gasteiger partial charge in [0.25, 0.3) is 0 Å². The second-order valence-corrected chi connectivity index (χ2v) is 5.45. The molecule has 0 spiro atoms. The molecule has 3 heteroatoms. The first-order valence-electron chi connectivity index (χ1n) is 6.73. The van der Waals surface area contributed by atoms with Gasteiger partial charge in [0.1, 0.15) is 6.10 Å². The van der Waals surface area contributed by atoms with E-state index in [4.69, 9.17) is 16.3 Å². The van der Waals surface area contributed by atoms with E-state index < -0.39 is 0 Å². The fourth-order valence-corrected chi connectivity index (χ4v) is 2.13. The van der Waals surface area contributed by atoms with Crippen LogP contribution in [0.1, 0.15) is 17.2 Å². The lowest BCUT2D eigenvalue weighted by Gasteiger charge is -2.20. The van der Waals surface area contributed by atoms with Crippen LogP contribution >= 0.6 is 11.6 Å². The molecule has 0 fully saturated rings. The molecule has 0 aliphatic heterocycles. The zero-order chi connectivity index (χ0) is 14.4. The maximum absolute atomic E-state index is 6.08. The highest BCUT2D eigenvalue weighted by Crippen LogP contribution is 2.26. The number of halogens is 1. The van der Waals surface area contributed by atoms with Gasteiger partial charge in [-0.2, -0.15) is 0 Å². The summed E-state index contributed by atoms with van der Waals surface area (Å²) in [6.07, 6.45) is -0.0478. The molecule has 0 aliphatic carbocycles. The highest BCUT2D eigenvalue weighted by atomic mass is 35.5. The summed E-state index contributed by atoms with van der Waals surface area (Å²) >= 11 is 5.96. The zero-order valence-corrected chi connectivity index (χ0v) is 12.7. The van der Waals surface area contributed by atoms with Crippen molar-refractivity contribution in [1.29, 1.82) is 0 Å². The molecule has 0 bridgehead atoms. The molecule has 2 rings (SSSR count). The van der Waals surface area contributed by atoms with Gasteiger partial charge >= 0.3 is 0 Å². The Labute approximate surface area is 125 Å². The van der Waals surface area contributed by atoms with Crippen LogP contribution < -0.4 is 0 Å². The lowest BCUT2D eigenvalue weighted by atomic mass is 10.0. The van der Waals surface area contributed by atoms with Gasteiger partial charge in [0.05, 0.1) is 6.61 Å². The Morgan fingerprint density at radius 1 is 0.950 bits per heavy atom. The van der Waals surface area contributed by atoms with Crippen molar-refractivity contribution in [3.05, 3.63) is 70.7 Å². The van der Waals surface area contributed by atoms with E-state index in [1.54, 1.807) is 0 Å². The Morgan fingerprint density at radius 3 is 2.15 bits per heavy atom. The summed E-state index contributed by atoms with van der Waals surface area (Å²) in [4.78, 5) is 2.11. The van der Waals surface area contributed by atoms with Crippen molar-refractivity contribution in [2.75, 3.05) is 27.2 Å². The maximum atomic E-state index is 6.08. The topological polar surface area (TPSA) is 12.5 Å². The summed E-state index contributed by atoms with van der Waals surface area (Å²) in [6.45, 7) is 1.59. The Morgan fingerprint density at radius 2 is 1.55 bits per heavy atom. The maximum Gasteiger partial charge on any atom is 0.108 e. The van der Waals surface area contributed by atoms with Crippen LogP contribution in [0, 0.1) is 0 Å². The van der Waals surface area contributed by atoms with Crippen molar-refractivity contribution in [3.8, 4) is 0 Å². The van der Waals surface area contributed by atoms with E-state index in [2.05, 4.69) is 17.0 Å². The van der Waals surface area contributed by atoms with Gasteiger partial charge < -0.3 is 9.64 Å². The second-order valence-electron chi connectivity index (χ2n) is 5.02. The lowest BCUT2D eigenvalue weighted by Crippen LogP contribution is -2.20. The molecule has 20 heavy (non-hydrogen) atoms. The number of hydrogen-bond acceptors (Lipinski definition) is 2. The van der Waals surface area contributed by atoms with Crippen LogP contribution in [0.4, 0.5) is 0 Å². The van der Waals surface area contributed by atoms with Crippen molar-refractivity contribution in [1.82, 2.24) is 4.90 Å². The highest BCUT2D eigenvalue weighted by molar-refractivity contribution is 6.30. The molecule has 2 aromatic rings. The van der Waals surface area contributed by atoms with Gasteiger partial charge in [-0.1, -0.05) is 54.1 Å². The minimum atomic E-state index is -0.0478. The Kier molecular flexibility index (Phi) is 5.60. The van der Waals surface area contributed by atoms with Crippen LogP contribution in [0.3, 0.4) is 0 Å². The van der Waals surface area contributed by atoms with Crippen LogP contribution in [0.5, 0.6) is 0 Å². The molecule has 0 radical (unpaired) electrons. The third kappa shape index (κ3) is 4.34. The molecule has 106 valence electrons. The van der Waals surface area contributed by atoms with Gasteiger partial charge in [-0.3, -0.25) is 0 Å². The molecule has 0 amide bonds. The number of ether oxygens (including phenoxy) is 1. The van der Waals surface area contributed by atoms with Crippen molar-refractivity contribution >= 4 is 11.6 Å². The summed E-state index contributed by atoms with van der Waals surface area (Å²) in [5.41, 5.74) is 2.29. The van der Waals surface area contributed by atoms with Crippen molar-refractivity contribution in [2.24, 2.45) is 0 Å². The average Bonchev–Trinajstić information content (AvgIpc) is 2.46. The van der Waals surface area contributed by atoms with Crippen molar-refractivity contribution in [3.63, 3.8) is 0 Å². The van der Waals surface area contributed by atoms with E-state index in [1.165, 1.54) is 0 Å². The van der Waals surface area contributed by atoms with E-state index in [0.717, 1.165) is 22.7 Å². The number of hydrogen-bond donors (Lipinski definition) is 0. The third-order valence-electron chi connectivity index (χ3n) is 3.10. The SMILES string of the molecule is CN(C)CCOC(c1ccccc1)c1ccc(Cl)cc1. The molecule has 0 N–H and O–H groups in total. The van der Waals surface area contributed by atoms with Gasteiger partial charge in [0.2, 0.25) is 0 Å². The summed E-state index contributed by atoms with van der Waals surface area (Å²) < 4.78 is 6.08. The molecule has 1 unspecified atom stereocenters. The van der Waals surface area contributed by atoms with Gasteiger partial charge in [-0.25, -0.2) is 0 Å². The minimum Gasteiger partial charge on any atom is -0.367 e. The summed E-state index contributed by atoms with van der Waals surface area (Å²) in [7, 11) is 4.09. The Bertz CT molecular complexity index is 510. The standard InChI is InChI=1S/C17H20ClNO/c1-19(2)12-13-20-17(14-6-4-3-5-7-14)15-8-10-16(18)11-9-15/h3-11,17H,12-13H2,1-2H3. The Balaban J connectivity index is 2.18. The van der Waals surface area contributed by atoms with Gasteiger partial charge in [-0.05, 0) is 37.4 Å². The molecular weight excluding hydrogens is 270 g/mol. The molecule has 0 aliphatic rings. The summed E-state index contributed by atoms with van der Waals surface area (Å²) in [5, 5.41) is 0.744. The minimum absolute atomic E-state index is 0.0478. The fraction of sp³-hybridized carbons (Fsp3) is 0.294. The van der Waals surface area contributed by atoms with Crippen LogP contribution in [-0.2, 0) is 4.74 Å². The number of nitrogens with zero attached hydrogens (tertiary/aromatic N) is 1. The van der Waals surface area contributed by atoms with E-state index >= 15 is 0 Å². The normalized spacial score (nSPS) is 12.6. The van der Waals surface area contributed by atoms with E-state index in [1.807, 2.05) is 56.6 Å². The molecule has 0 aromatic heterocycles. The molecule has 0 saturated heterocycles. The lowest BCUT2D eigenvalue weighted by molar-refractivity contribution is 0.0687. The Hall–Kier alpha value is -1.35. The predicted molar refractivity (Wildman–Crippen MR) is 84.2 cm³/mol. The zero-order valence-electron chi connectivity index (χ0n) is 11.9. The first-order chi connectivity index (χ1) is 9.66. The van der Waals surface area contributed by atoms with Crippen LogP contribution in [-0.4, -0.2) is 32.1 Å². The summed E-state index contributed by atoms with van der Waals surface area (Å²) in [6, 6.07) is 18.1.